The molecule has 0 radical (unpaired) electrons. The zero-order chi connectivity index (χ0) is 22.2. The van der Waals surface area contributed by atoms with Gasteiger partial charge in [-0.3, -0.25) is 4.98 Å². The third kappa shape index (κ3) is 4.11. The second-order valence-corrected chi connectivity index (χ2v) is 6.75. The largest absolute Gasteiger partial charge is 0.505 e. The maximum Gasteiger partial charge on any atom is 0.419 e. The van der Waals surface area contributed by atoms with Gasteiger partial charge < -0.3 is 10.4 Å². The van der Waals surface area contributed by atoms with E-state index < -0.39 is 29.4 Å². The molecule has 0 amide bonds. The first-order chi connectivity index (χ1) is 14.7. The van der Waals surface area contributed by atoms with E-state index in [0.717, 1.165) is 24.4 Å². The van der Waals surface area contributed by atoms with Crippen molar-refractivity contribution in [1.29, 1.82) is 0 Å². The number of alkyl halides is 3. The molecule has 2 aromatic carbocycles. The number of fused-ring (bicyclic) bond motifs is 1. The summed E-state index contributed by atoms with van der Waals surface area (Å²) >= 11 is 0. The van der Waals surface area contributed by atoms with Gasteiger partial charge in [0.1, 0.15) is 28.7 Å². The summed E-state index contributed by atoms with van der Waals surface area (Å²) in [4.78, 5) is 8.02. The predicted octanol–water partition coefficient (Wildman–Crippen LogP) is 5.83. The summed E-state index contributed by atoms with van der Waals surface area (Å²) in [7, 11) is 0. The molecule has 4 aromatic rings. The van der Waals surface area contributed by atoms with Crippen LogP contribution in [0.25, 0.3) is 10.9 Å². The number of phenols is 1. The first-order valence-corrected chi connectivity index (χ1v) is 9.05. The first kappa shape index (κ1) is 20.5. The van der Waals surface area contributed by atoms with Gasteiger partial charge in [-0.05, 0) is 35.9 Å². The average molecular weight is 431 g/mol. The molecule has 0 bridgehead atoms. The van der Waals surface area contributed by atoms with E-state index in [1.807, 2.05) is 0 Å². The van der Waals surface area contributed by atoms with Crippen molar-refractivity contribution >= 4 is 16.7 Å². The summed E-state index contributed by atoms with van der Waals surface area (Å²) in [6.45, 7) is 0. The summed E-state index contributed by atoms with van der Waals surface area (Å²) in [6.07, 6.45) is -2.42. The molecule has 0 fully saturated rings. The maximum atomic E-state index is 14.3. The minimum Gasteiger partial charge on any atom is -0.505 e. The van der Waals surface area contributed by atoms with Crippen LogP contribution in [0.15, 0.2) is 67.0 Å². The van der Waals surface area contributed by atoms with Crippen LogP contribution in [0.4, 0.5) is 27.8 Å². The van der Waals surface area contributed by atoms with E-state index in [2.05, 4.69) is 15.3 Å². The molecule has 158 valence electrons. The number of nitrogens with zero attached hydrogens (tertiary/aromatic N) is 2. The van der Waals surface area contributed by atoms with Crippen molar-refractivity contribution in [2.24, 2.45) is 0 Å². The minimum atomic E-state index is -4.85. The molecule has 0 saturated heterocycles. The van der Waals surface area contributed by atoms with Crippen molar-refractivity contribution in [3.8, 4) is 5.75 Å². The highest BCUT2D eigenvalue weighted by Gasteiger charge is 2.34. The fraction of sp³-hybridized carbons (Fsp3) is 0.0909. The van der Waals surface area contributed by atoms with Gasteiger partial charge in [0.15, 0.2) is 0 Å². The molecule has 2 heterocycles. The molecule has 0 aliphatic carbocycles. The second-order valence-electron chi connectivity index (χ2n) is 6.75. The van der Waals surface area contributed by atoms with Gasteiger partial charge in [0.25, 0.3) is 0 Å². The molecule has 2 aromatic heterocycles. The van der Waals surface area contributed by atoms with Crippen molar-refractivity contribution in [3.63, 3.8) is 0 Å². The Kier molecular flexibility index (Phi) is 5.18. The van der Waals surface area contributed by atoms with Crippen LogP contribution in [-0.2, 0) is 6.18 Å². The molecule has 0 saturated carbocycles. The van der Waals surface area contributed by atoms with Crippen molar-refractivity contribution in [2.45, 2.75) is 12.2 Å². The Labute approximate surface area is 173 Å². The third-order valence-corrected chi connectivity index (χ3v) is 4.74. The van der Waals surface area contributed by atoms with Crippen LogP contribution in [0.5, 0.6) is 5.75 Å². The van der Waals surface area contributed by atoms with Crippen LogP contribution in [-0.4, -0.2) is 15.1 Å². The number of halogens is 5. The molecule has 0 spiro atoms. The van der Waals surface area contributed by atoms with E-state index in [9.17, 15) is 27.1 Å². The number of aromatic hydroxyl groups is 1. The summed E-state index contributed by atoms with van der Waals surface area (Å²) in [5.41, 5.74) is -0.802. The lowest BCUT2D eigenvalue weighted by molar-refractivity contribution is -0.140. The van der Waals surface area contributed by atoms with Gasteiger partial charge in [0.05, 0.1) is 17.8 Å². The Balaban J connectivity index is 1.85. The Hall–Kier alpha value is -3.75. The van der Waals surface area contributed by atoms with Gasteiger partial charge in [-0.2, -0.15) is 13.2 Å². The van der Waals surface area contributed by atoms with Crippen molar-refractivity contribution in [1.82, 2.24) is 9.97 Å². The zero-order valence-corrected chi connectivity index (χ0v) is 15.7. The molecule has 4 rings (SSSR count). The number of anilines is 1. The van der Waals surface area contributed by atoms with Crippen LogP contribution in [0.1, 0.15) is 22.7 Å². The van der Waals surface area contributed by atoms with Gasteiger partial charge in [0.2, 0.25) is 0 Å². The topological polar surface area (TPSA) is 58.0 Å². The van der Waals surface area contributed by atoms with Crippen LogP contribution in [0.2, 0.25) is 0 Å². The van der Waals surface area contributed by atoms with Crippen LogP contribution >= 0.6 is 0 Å². The predicted molar refractivity (Wildman–Crippen MR) is 104 cm³/mol. The van der Waals surface area contributed by atoms with Gasteiger partial charge in [-0.25, -0.2) is 13.8 Å². The number of hydrogen-bond acceptors (Lipinski definition) is 4. The zero-order valence-electron chi connectivity index (χ0n) is 15.7. The summed E-state index contributed by atoms with van der Waals surface area (Å²) in [5, 5.41) is 14.4. The van der Waals surface area contributed by atoms with Gasteiger partial charge in [0, 0.05) is 17.1 Å². The van der Waals surface area contributed by atoms with Crippen LogP contribution in [0, 0.1) is 11.6 Å². The second kappa shape index (κ2) is 7.82. The Morgan fingerprint density at radius 3 is 2.42 bits per heavy atom. The molecule has 0 aliphatic rings. The Bertz CT molecular complexity index is 1240. The molecular weight excluding hydrogens is 417 g/mol. The molecule has 1 atom stereocenters. The highest BCUT2D eigenvalue weighted by atomic mass is 19.4. The average Bonchev–Trinajstić information content (AvgIpc) is 2.73. The first-order valence-electron chi connectivity index (χ1n) is 9.05. The number of aromatic nitrogens is 2. The van der Waals surface area contributed by atoms with Gasteiger partial charge in [-0.15, -0.1) is 0 Å². The molecule has 2 N–H and O–H groups in total. The van der Waals surface area contributed by atoms with E-state index in [1.54, 1.807) is 24.3 Å². The molecule has 9 heteroatoms. The molecule has 1 unspecified atom stereocenters. The van der Waals surface area contributed by atoms with Gasteiger partial charge in [-0.1, -0.05) is 24.3 Å². The number of benzene rings is 2. The molecule has 0 aliphatic heterocycles. The number of hydrogen-bond donors (Lipinski definition) is 2. The molecule has 31 heavy (non-hydrogen) atoms. The lowest BCUT2D eigenvalue weighted by Gasteiger charge is -2.22. The van der Waals surface area contributed by atoms with Crippen molar-refractivity contribution in [2.75, 3.05) is 5.32 Å². The van der Waals surface area contributed by atoms with E-state index in [0.29, 0.717) is 11.5 Å². The van der Waals surface area contributed by atoms with E-state index in [4.69, 9.17) is 0 Å². The van der Waals surface area contributed by atoms with E-state index in [-0.39, 0.29) is 28.2 Å². The standard InChI is InChI=1S/C22H14F5N3O/c23-14-5-8-18(29-11-14)30-19(13-4-7-16(17(24)10-13)22(25,26)27)15-6-3-12-2-1-9-28-20(12)21(15)31/h1-11,19,31H,(H,29,30). The van der Waals surface area contributed by atoms with E-state index >= 15 is 0 Å². The van der Waals surface area contributed by atoms with Crippen LogP contribution < -0.4 is 5.32 Å². The normalized spacial score (nSPS) is 12.7. The highest BCUT2D eigenvalue weighted by molar-refractivity contribution is 5.86. The highest BCUT2D eigenvalue weighted by Crippen LogP contribution is 2.38. The van der Waals surface area contributed by atoms with E-state index in [1.165, 1.54) is 12.3 Å². The Morgan fingerprint density at radius 2 is 1.74 bits per heavy atom. The lowest BCUT2D eigenvalue weighted by atomic mass is 9.95. The lowest BCUT2D eigenvalue weighted by Crippen LogP contribution is -2.15. The van der Waals surface area contributed by atoms with Crippen molar-refractivity contribution in [3.05, 3.63) is 95.3 Å². The number of rotatable bonds is 4. The van der Waals surface area contributed by atoms with Crippen molar-refractivity contribution < 1.29 is 27.1 Å². The monoisotopic (exact) mass is 431 g/mol. The fourth-order valence-corrected chi connectivity index (χ4v) is 3.27. The maximum absolute atomic E-state index is 14.3. The number of nitrogens with one attached hydrogen (secondary N) is 1. The quantitative estimate of drug-likeness (QED) is 0.399. The fourth-order valence-electron chi connectivity index (χ4n) is 3.27. The molecule has 4 nitrogen and oxygen atoms in total. The number of pyridine rings is 2. The summed E-state index contributed by atoms with van der Waals surface area (Å²) in [5.74, 6) is -2.09. The SMILES string of the molecule is Oc1c(C(Nc2ccc(F)cn2)c2ccc(C(F)(F)F)c(F)c2)ccc2cccnc12. The Morgan fingerprint density at radius 1 is 0.935 bits per heavy atom. The van der Waals surface area contributed by atoms with Gasteiger partial charge >= 0.3 is 6.18 Å². The summed E-state index contributed by atoms with van der Waals surface area (Å²) in [6, 6.07) is 10.6. The molecular formula is C22H14F5N3O. The van der Waals surface area contributed by atoms with Crippen LogP contribution in [0.3, 0.4) is 0 Å². The summed E-state index contributed by atoms with van der Waals surface area (Å²) < 4.78 is 66.4. The number of phenolic OH excluding ortho intramolecular Hbond substituents is 1. The third-order valence-electron chi connectivity index (χ3n) is 4.74. The smallest absolute Gasteiger partial charge is 0.419 e. The minimum absolute atomic E-state index is 0.0993.